The van der Waals surface area contributed by atoms with Crippen LogP contribution in [0.5, 0.6) is 5.75 Å². The number of ether oxygens (including phenoxy) is 1. The van der Waals surface area contributed by atoms with Gasteiger partial charge in [-0.05, 0) is 23.1 Å². The lowest BCUT2D eigenvalue weighted by atomic mass is 10.0. The van der Waals surface area contributed by atoms with Crippen LogP contribution in [-0.2, 0) is 0 Å². The maximum Gasteiger partial charge on any atom is 0.165 e. The van der Waals surface area contributed by atoms with E-state index in [1.54, 1.807) is 12.1 Å². The first-order valence-corrected chi connectivity index (χ1v) is 5.07. The number of hydrogen-bond acceptors (Lipinski definition) is 2. The summed E-state index contributed by atoms with van der Waals surface area (Å²) in [5, 5.41) is 0. The maximum absolute atomic E-state index is 13.2. The Hall–Kier alpha value is -1.09. The Labute approximate surface area is 89.2 Å². The molecule has 2 atom stereocenters. The van der Waals surface area contributed by atoms with Crippen LogP contribution < -0.4 is 10.5 Å². The van der Waals surface area contributed by atoms with E-state index in [9.17, 15) is 4.39 Å². The van der Waals surface area contributed by atoms with Gasteiger partial charge in [-0.25, -0.2) is 4.39 Å². The van der Waals surface area contributed by atoms with Crippen molar-refractivity contribution in [2.75, 3.05) is 7.11 Å². The molecule has 3 heteroatoms. The van der Waals surface area contributed by atoms with Gasteiger partial charge in [0.2, 0.25) is 0 Å². The lowest BCUT2D eigenvalue weighted by Gasteiger charge is -2.06. The first-order chi connectivity index (χ1) is 6.98. The maximum atomic E-state index is 13.2. The molecule has 0 aliphatic heterocycles. The molecule has 1 aromatic rings. The van der Waals surface area contributed by atoms with Crippen molar-refractivity contribution < 1.29 is 9.13 Å². The van der Waals surface area contributed by atoms with Crippen molar-refractivity contribution in [3.8, 4) is 5.75 Å². The van der Waals surface area contributed by atoms with Crippen LogP contribution in [0.2, 0.25) is 0 Å². The number of hydrogen-bond donors (Lipinski definition) is 1. The number of benzene rings is 1. The summed E-state index contributed by atoms with van der Waals surface area (Å²) in [6.07, 6.45) is 0. The summed E-state index contributed by atoms with van der Waals surface area (Å²) >= 11 is 0. The molecule has 1 fully saturated rings. The first kappa shape index (κ1) is 10.4. The van der Waals surface area contributed by atoms with Crippen LogP contribution in [0.25, 0.3) is 0 Å². The Morgan fingerprint density at radius 1 is 1.40 bits per heavy atom. The van der Waals surface area contributed by atoms with Crippen LogP contribution in [0.3, 0.4) is 0 Å². The highest BCUT2D eigenvalue weighted by Gasteiger charge is 2.56. The molecule has 0 spiro atoms. The van der Waals surface area contributed by atoms with Crippen molar-refractivity contribution >= 4 is 0 Å². The number of methoxy groups -OCH3 is 1. The summed E-state index contributed by atoms with van der Waals surface area (Å²) in [6, 6.07) is 5.13. The van der Waals surface area contributed by atoms with Crippen molar-refractivity contribution in [2.24, 2.45) is 11.1 Å². The summed E-state index contributed by atoms with van der Waals surface area (Å²) in [5.74, 6) is 0.280. The van der Waals surface area contributed by atoms with Crippen LogP contribution in [-0.4, -0.2) is 13.2 Å². The predicted octanol–water partition coefficient (Wildman–Crippen LogP) is 2.29. The van der Waals surface area contributed by atoms with Gasteiger partial charge in [-0.15, -0.1) is 0 Å². The number of halogens is 1. The van der Waals surface area contributed by atoms with Crippen LogP contribution in [0.15, 0.2) is 18.2 Å². The van der Waals surface area contributed by atoms with Crippen LogP contribution in [0, 0.1) is 11.2 Å². The second kappa shape index (κ2) is 3.20. The molecule has 0 amide bonds. The van der Waals surface area contributed by atoms with Gasteiger partial charge >= 0.3 is 0 Å². The van der Waals surface area contributed by atoms with Crippen LogP contribution in [0.4, 0.5) is 4.39 Å². The smallest absolute Gasteiger partial charge is 0.165 e. The van der Waals surface area contributed by atoms with E-state index in [4.69, 9.17) is 10.5 Å². The van der Waals surface area contributed by atoms with Gasteiger partial charge in [-0.2, -0.15) is 0 Å². The average molecular weight is 209 g/mol. The van der Waals surface area contributed by atoms with Crippen molar-refractivity contribution in [3.05, 3.63) is 29.6 Å². The minimum Gasteiger partial charge on any atom is -0.494 e. The predicted molar refractivity (Wildman–Crippen MR) is 57.4 cm³/mol. The summed E-state index contributed by atoms with van der Waals surface area (Å²) < 4.78 is 18.1. The highest BCUT2D eigenvalue weighted by molar-refractivity contribution is 5.39. The third-order valence-corrected chi connectivity index (χ3v) is 3.44. The third-order valence-electron chi connectivity index (χ3n) is 3.44. The van der Waals surface area contributed by atoms with Crippen LogP contribution in [0.1, 0.15) is 25.3 Å². The van der Waals surface area contributed by atoms with E-state index in [1.165, 1.54) is 13.2 Å². The quantitative estimate of drug-likeness (QED) is 0.811. The molecule has 0 radical (unpaired) electrons. The van der Waals surface area contributed by atoms with Crippen molar-refractivity contribution in [2.45, 2.75) is 25.8 Å². The molecule has 0 aromatic heterocycles. The first-order valence-electron chi connectivity index (χ1n) is 5.07. The van der Waals surface area contributed by atoms with E-state index >= 15 is 0 Å². The van der Waals surface area contributed by atoms with Gasteiger partial charge in [0.1, 0.15) is 0 Å². The lowest BCUT2D eigenvalue weighted by molar-refractivity contribution is 0.385. The Kier molecular flexibility index (Phi) is 2.23. The Morgan fingerprint density at radius 2 is 2.00 bits per heavy atom. The standard InChI is InChI=1S/C12H16FNO/c1-12(2)10(11(12)14)7-4-5-8(13)9(6-7)15-3/h4-6,10-11H,14H2,1-3H3. The molecule has 1 aromatic carbocycles. The molecule has 1 aliphatic rings. The molecule has 2 N–H and O–H groups in total. The van der Waals surface area contributed by atoms with Gasteiger partial charge in [0.25, 0.3) is 0 Å². The van der Waals surface area contributed by atoms with E-state index in [-0.39, 0.29) is 17.3 Å². The Bertz CT molecular complexity index is 389. The van der Waals surface area contributed by atoms with Gasteiger partial charge in [-0.1, -0.05) is 19.9 Å². The molecule has 15 heavy (non-hydrogen) atoms. The third kappa shape index (κ3) is 1.51. The zero-order chi connectivity index (χ0) is 11.2. The molecular formula is C12H16FNO. The highest BCUT2D eigenvalue weighted by Crippen LogP contribution is 2.57. The molecule has 0 bridgehead atoms. The minimum atomic E-state index is -0.326. The van der Waals surface area contributed by atoms with Gasteiger partial charge in [0, 0.05) is 12.0 Å². The Morgan fingerprint density at radius 3 is 2.47 bits per heavy atom. The highest BCUT2D eigenvalue weighted by atomic mass is 19.1. The van der Waals surface area contributed by atoms with Crippen LogP contribution >= 0.6 is 0 Å². The summed E-state index contributed by atoms with van der Waals surface area (Å²) in [5.41, 5.74) is 7.15. The molecule has 2 rings (SSSR count). The van der Waals surface area contributed by atoms with Gasteiger partial charge in [0.05, 0.1) is 7.11 Å². The fourth-order valence-electron chi connectivity index (χ4n) is 2.18. The SMILES string of the molecule is COc1cc(C2C(N)C2(C)C)ccc1F. The van der Waals surface area contributed by atoms with Crippen molar-refractivity contribution in [3.63, 3.8) is 0 Å². The normalized spacial score (nSPS) is 27.5. The van der Waals surface area contributed by atoms with Crippen molar-refractivity contribution in [1.29, 1.82) is 0 Å². The number of nitrogens with two attached hydrogens (primary N) is 1. The zero-order valence-electron chi connectivity index (χ0n) is 9.25. The van der Waals surface area contributed by atoms with Crippen molar-refractivity contribution in [1.82, 2.24) is 0 Å². The molecule has 1 aliphatic carbocycles. The Balaban J connectivity index is 2.32. The van der Waals surface area contributed by atoms with E-state index in [0.29, 0.717) is 11.7 Å². The summed E-state index contributed by atoms with van der Waals surface area (Å²) in [6.45, 7) is 4.25. The molecule has 0 heterocycles. The lowest BCUT2D eigenvalue weighted by Crippen LogP contribution is -2.06. The van der Waals surface area contributed by atoms with Gasteiger partial charge < -0.3 is 10.5 Å². The zero-order valence-corrected chi connectivity index (χ0v) is 9.25. The topological polar surface area (TPSA) is 35.2 Å². The molecule has 1 saturated carbocycles. The molecule has 2 nitrogen and oxygen atoms in total. The molecule has 2 unspecified atom stereocenters. The number of rotatable bonds is 2. The van der Waals surface area contributed by atoms with Gasteiger partial charge in [-0.3, -0.25) is 0 Å². The fraction of sp³-hybridized carbons (Fsp3) is 0.500. The second-order valence-electron chi connectivity index (χ2n) is 4.72. The molecular weight excluding hydrogens is 193 g/mol. The van der Waals surface area contributed by atoms with E-state index < -0.39 is 0 Å². The monoisotopic (exact) mass is 209 g/mol. The largest absolute Gasteiger partial charge is 0.494 e. The summed E-state index contributed by atoms with van der Waals surface area (Å²) in [4.78, 5) is 0. The average Bonchev–Trinajstić information content (AvgIpc) is 2.68. The van der Waals surface area contributed by atoms with E-state index in [2.05, 4.69) is 13.8 Å². The fourth-order valence-corrected chi connectivity index (χ4v) is 2.18. The van der Waals surface area contributed by atoms with E-state index in [0.717, 1.165) is 5.56 Å². The molecule has 0 saturated heterocycles. The summed E-state index contributed by atoms with van der Waals surface area (Å²) in [7, 11) is 1.47. The van der Waals surface area contributed by atoms with Gasteiger partial charge in [0.15, 0.2) is 11.6 Å². The second-order valence-corrected chi connectivity index (χ2v) is 4.72. The van der Waals surface area contributed by atoms with E-state index in [1.807, 2.05) is 0 Å². The molecule has 82 valence electrons. The minimum absolute atomic E-state index is 0.114.